The molecule has 1 aromatic rings. The molecule has 1 unspecified atom stereocenters. The molecule has 0 aromatic carbocycles. The molecule has 3 nitrogen and oxygen atoms in total. The van der Waals surface area contributed by atoms with E-state index in [1.165, 1.54) is 19.3 Å². The molecule has 96 valence electrons. The molecule has 0 bridgehead atoms. The second-order valence-electron chi connectivity index (χ2n) is 5.22. The SMILES string of the molecule is CCC1CCCN(c2cc(C)nc(C)c2C#N)C1. The fourth-order valence-electron chi connectivity index (χ4n) is 2.81. The summed E-state index contributed by atoms with van der Waals surface area (Å²) in [6, 6.07) is 4.38. The van der Waals surface area contributed by atoms with Gasteiger partial charge in [0, 0.05) is 18.8 Å². The molecule has 18 heavy (non-hydrogen) atoms. The lowest BCUT2D eigenvalue weighted by molar-refractivity contribution is 0.404. The van der Waals surface area contributed by atoms with Gasteiger partial charge in [0.2, 0.25) is 0 Å². The third-order valence-electron chi connectivity index (χ3n) is 3.86. The number of hydrogen-bond acceptors (Lipinski definition) is 3. The molecular weight excluding hydrogens is 222 g/mol. The molecule has 1 atom stereocenters. The summed E-state index contributed by atoms with van der Waals surface area (Å²) < 4.78 is 0. The first-order valence-corrected chi connectivity index (χ1v) is 6.79. The van der Waals surface area contributed by atoms with Crippen molar-refractivity contribution in [2.75, 3.05) is 18.0 Å². The number of nitriles is 1. The van der Waals surface area contributed by atoms with Gasteiger partial charge in [-0.25, -0.2) is 0 Å². The molecule has 0 saturated carbocycles. The van der Waals surface area contributed by atoms with Crippen molar-refractivity contribution < 1.29 is 0 Å². The van der Waals surface area contributed by atoms with Crippen LogP contribution in [0.3, 0.4) is 0 Å². The van der Waals surface area contributed by atoms with Crippen LogP contribution in [0.25, 0.3) is 0 Å². The number of hydrogen-bond donors (Lipinski definition) is 0. The van der Waals surface area contributed by atoms with Gasteiger partial charge in [-0.05, 0) is 38.7 Å². The molecule has 1 saturated heterocycles. The molecule has 0 N–H and O–H groups in total. The first-order chi connectivity index (χ1) is 8.65. The lowest BCUT2D eigenvalue weighted by atomic mass is 9.94. The molecule has 2 rings (SSSR count). The van der Waals surface area contributed by atoms with E-state index in [0.29, 0.717) is 0 Å². The first kappa shape index (κ1) is 12.9. The van der Waals surface area contributed by atoms with Crippen LogP contribution in [0.15, 0.2) is 6.07 Å². The predicted molar refractivity (Wildman–Crippen MR) is 73.7 cm³/mol. The molecular formula is C15H21N3. The largest absolute Gasteiger partial charge is 0.370 e. The minimum Gasteiger partial charge on any atom is -0.370 e. The highest BCUT2D eigenvalue weighted by molar-refractivity contribution is 5.61. The molecule has 3 heteroatoms. The molecule has 0 aliphatic carbocycles. The molecule has 2 heterocycles. The predicted octanol–water partition coefficient (Wildman–Crippen LogP) is 3.20. The van der Waals surface area contributed by atoms with Crippen LogP contribution in [0.1, 0.15) is 43.1 Å². The highest BCUT2D eigenvalue weighted by atomic mass is 15.1. The van der Waals surface area contributed by atoms with Crippen LogP contribution >= 0.6 is 0 Å². The Bertz CT molecular complexity index is 473. The van der Waals surface area contributed by atoms with E-state index in [1.54, 1.807) is 0 Å². The maximum Gasteiger partial charge on any atom is 0.103 e. The van der Waals surface area contributed by atoms with Gasteiger partial charge in [0.25, 0.3) is 0 Å². The third kappa shape index (κ3) is 2.48. The summed E-state index contributed by atoms with van der Waals surface area (Å²) in [4.78, 5) is 6.76. The summed E-state index contributed by atoms with van der Waals surface area (Å²) >= 11 is 0. The Morgan fingerprint density at radius 3 is 2.94 bits per heavy atom. The second kappa shape index (κ2) is 5.39. The highest BCUT2D eigenvalue weighted by Gasteiger charge is 2.22. The summed E-state index contributed by atoms with van der Waals surface area (Å²) in [6.45, 7) is 8.32. The van der Waals surface area contributed by atoms with Crippen LogP contribution in [0.2, 0.25) is 0 Å². The van der Waals surface area contributed by atoms with Crippen molar-refractivity contribution in [3.63, 3.8) is 0 Å². The molecule has 1 aliphatic heterocycles. The Morgan fingerprint density at radius 2 is 2.28 bits per heavy atom. The number of aryl methyl sites for hydroxylation is 2. The van der Waals surface area contributed by atoms with Crippen LogP contribution in [-0.4, -0.2) is 18.1 Å². The summed E-state index contributed by atoms with van der Waals surface area (Å²) in [5.74, 6) is 0.763. The Balaban J connectivity index is 2.35. The standard InChI is InChI=1S/C15H21N3/c1-4-13-6-5-7-18(10-13)15-8-11(2)17-12(3)14(15)9-16/h8,13H,4-7,10H2,1-3H3. The van der Waals surface area contributed by atoms with Crippen molar-refractivity contribution in [3.05, 3.63) is 23.0 Å². The van der Waals surface area contributed by atoms with Crippen LogP contribution in [0.5, 0.6) is 0 Å². The average molecular weight is 243 g/mol. The van der Waals surface area contributed by atoms with E-state index in [4.69, 9.17) is 0 Å². The van der Waals surface area contributed by atoms with Crippen LogP contribution in [0, 0.1) is 31.1 Å². The monoisotopic (exact) mass is 243 g/mol. The van der Waals surface area contributed by atoms with Crippen molar-refractivity contribution >= 4 is 5.69 Å². The van der Waals surface area contributed by atoms with Gasteiger partial charge >= 0.3 is 0 Å². The Kier molecular flexibility index (Phi) is 3.86. The number of nitrogens with zero attached hydrogens (tertiary/aromatic N) is 3. The zero-order valence-electron chi connectivity index (χ0n) is 11.5. The van der Waals surface area contributed by atoms with E-state index in [-0.39, 0.29) is 0 Å². The van der Waals surface area contributed by atoms with Gasteiger partial charge in [0.1, 0.15) is 6.07 Å². The number of anilines is 1. The molecule has 1 fully saturated rings. The third-order valence-corrected chi connectivity index (χ3v) is 3.86. The van der Waals surface area contributed by atoms with E-state index in [0.717, 1.165) is 41.6 Å². The minimum absolute atomic E-state index is 0.748. The summed E-state index contributed by atoms with van der Waals surface area (Å²) in [5.41, 5.74) is 3.68. The van der Waals surface area contributed by atoms with Gasteiger partial charge in [-0.3, -0.25) is 4.98 Å². The van der Waals surface area contributed by atoms with Crippen molar-refractivity contribution in [1.29, 1.82) is 5.26 Å². The molecule has 1 aliphatic rings. The number of rotatable bonds is 2. The first-order valence-electron chi connectivity index (χ1n) is 6.79. The Labute approximate surface area is 109 Å². The smallest absolute Gasteiger partial charge is 0.103 e. The summed E-state index contributed by atoms with van der Waals surface area (Å²) in [7, 11) is 0. The zero-order valence-corrected chi connectivity index (χ0v) is 11.5. The lowest BCUT2D eigenvalue weighted by Crippen LogP contribution is -2.35. The quantitative estimate of drug-likeness (QED) is 0.800. The average Bonchev–Trinajstić information content (AvgIpc) is 2.38. The Morgan fingerprint density at radius 1 is 1.50 bits per heavy atom. The summed E-state index contributed by atoms with van der Waals surface area (Å²) in [5, 5.41) is 9.33. The van der Waals surface area contributed by atoms with Gasteiger partial charge in [-0.1, -0.05) is 13.3 Å². The second-order valence-corrected chi connectivity index (χ2v) is 5.22. The number of aromatic nitrogens is 1. The van der Waals surface area contributed by atoms with Crippen molar-refractivity contribution in [1.82, 2.24) is 4.98 Å². The molecule has 1 aromatic heterocycles. The van der Waals surface area contributed by atoms with E-state index in [2.05, 4.69) is 28.9 Å². The maximum absolute atomic E-state index is 9.33. The summed E-state index contributed by atoms with van der Waals surface area (Å²) in [6.07, 6.45) is 3.77. The van der Waals surface area contributed by atoms with Gasteiger partial charge in [0.15, 0.2) is 0 Å². The Hall–Kier alpha value is -1.56. The molecule has 0 spiro atoms. The van der Waals surface area contributed by atoms with Crippen molar-refractivity contribution in [2.45, 2.75) is 40.0 Å². The lowest BCUT2D eigenvalue weighted by Gasteiger charge is -2.34. The van der Waals surface area contributed by atoms with Gasteiger partial charge in [-0.15, -0.1) is 0 Å². The van der Waals surface area contributed by atoms with Crippen LogP contribution < -0.4 is 4.90 Å². The fourth-order valence-corrected chi connectivity index (χ4v) is 2.81. The van der Waals surface area contributed by atoms with Crippen molar-refractivity contribution in [3.8, 4) is 6.07 Å². The van der Waals surface area contributed by atoms with E-state index in [1.807, 2.05) is 13.8 Å². The minimum atomic E-state index is 0.748. The van der Waals surface area contributed by atoms with Crippen LogP contribution in [-0.2, 0) is 0 Å². The molecule has 0 amide bonds. The number of piperidine rings is 1. The number of pyridine rings is 1. The highest BCUT2D eigenvalue weighted by Crippen LogP contribution is 2.29. The van der Waals surface area contributed by atoms with E-state index in [9.17, 15) is 5.26 Å². The normalized spacial score (nSPS) is 19.7. The van der Waals surface area contributed by atoms with Gasteiger partial charge in [-0.2, -0.15) is 5.26 Å². The van der Waals surface area contributed by atoms with Crippen LogP contribution in [0.4, 0.5) is 5.69 Å². The van der Waals surface area contributed by atoms with E-state index < -0.39 is 0 Å². The van der Waals surface area contributed by atoms with Gasteiger partial charge in [0.05, 0.1) is 16.9 Å². The fraction of sp³-hybridized carbons (Fsp3) is 0.600. The van der Waals surface area contributed by atoms with Crippen molar-refractivity contribution in [2.24, 2.45) is 5.92 Å². The molecule has 0 radical (unpaired) electrons. The maximum atomic E-state index is 9.33. The topological polar surface area (TPSA) is 39.9 Å². The zero-order chi connectivity index (χ0) is 13.1. The van der Waals surface area contributed by atoms with Gasteiger partial charge < -0.3 is 4.90 Å². The van der Waals surface area contributed by atoms with E-state index >= 15 is 0 Å².